The van der Waals surface area contributed by atoms with Crippen molar-refractivity contribution < 1.29 is 14.7 Å². The van der Waals surface area contributed by atoms with Gasteiger partial charge >= 0.3 is 0 Å². The molecule has 1 rings (SSSR count). The van der Waals surface area contributed by atoms with Gasteiger partial charge in [0.1, 0.15) is 5.75 Å². The maximum absolute atomic E-state index is 12.5. The first-order chi connectivity index (χ1) is 10.7. The number of nitrogens with one attached hydrogen (secondary N) is 1. The molecule has 0 aliphatic rings. The molecule has 0 unspecified atom stereocenters. The Labute approximate surface area is 145 Å². The van der Waals surface area contributed by atoms with Gasteiger partial charge in [0.15, 0.2) is 0 Å². The maximum Gasteiger partial charge on any atom is 0.251 e. The Balaban J connectivity index is 3.29. The van der Waals surface area contributed by atoms with Crippen LogP contribution in [0.1, 0.15) is 63.0 Å². The summed E-state index contributed by atoms with van der Waals surface area (Å²) < 4.78 is 0. The molecule has 0 heterocycles. The summed E-state index contributed by atoms with van der Waals surface area (Å²) in [5.41, 5.74) is 1.28. The molecule has 0 spiro atoms. The third-order valence-electron chi connectivity index (χ3n) is 3.89. The highest BCUT2D eigenvalue weighted by atomic mass is 16.3. The van der Waals surface area contributed by atoms with Crippen molar-refractivity contribution in [1.29, 1.82) is 0 Å². The molecule has 0 radical (unpaired) electrons. The molecule has 134 valence electrons. The van der Waals surface area contributed by atoms with Gasteiger partial charge in [-0.05, 0) is 23.0 Å². The zero-order valence-corrected chi connectivity index (χ0v) is 16.1. The molecule has 0 fully saturated rings. The summed E-state index contributed by atoms with van der Waals surface area (Å²) in [4.78, 5) is 25.6. The number of phenolic OH excluding ortho intramolecular Hbond substituents is 1. The Bertz CT molecular complexity index is 600. The Morgan fingerprint density at radius 2 is 1.42 bits per heavy atom. The highest BCUT2D eigenvalue weighted by Crippen LogP contribution is 2.39. The molecule has 0 aliphatic carbocycles. The number of aromatic hydroxyl groups is 1. The van der Waals surface area contributed by atoms with Gasteiger partial charge in [0, 0.05) is 30.8 Å². The summed E-state index contributed by atoms with van der Waals surface area (Å²) in [6.07, 6.45) is 0. The van der Waals surface area contributed by atoms with Crippen molar-refractivity contribution >= 4 is 11.8 Å². The Morgan fingerprint density at radius 1 is 1.00 bits per heavy atom. The lowest BCUT2D eigenvalue weighted by Gasteiger charge is -2.28. The number of carbonyl (C=O) groups excluding carboxylic acids is 2. The average Bonchev–Trinajstić information content (AvgIpc) is 2.41. The van der Waals surface area contributed by atoms with E-state index >= 15 is 0 Å². The van der Waals surface area contributed by atoms with Gasteiger partial charge in [-0.2, -0.15) is 0 Å². The van der Waals surface area contributed by atoms with Crippen molar-refractivity contribution in [2.75, 3.05) is 20.6 Å². The van der Waals surface area contributed by atoms with Crippen LogP contribution in [0.4, 0.5) is 0 Å². The topological polar surface area (TPSA) is 69.6 Å². The van der Waals surface area contributed by atoms with E-state index in [2.05, 4.69) is 5.32 Å². The lowest BCUT2D eigenvalue weighted by Crippen LogP contribution is -2.36. The first-order valence-electron chi connectivity index (χ1n) is 8.11. The molecule has 24 heavy (non-hydrogen) atoms. The van der Waals surface area contributed by atoms with Crippen LogP contribution in [0.3, 0.4) is 0 Å². The number of nitrogens with zero attached hydrogens (tertiary/aromatic N) is 1. The van der Waals surface area contributed by atoms with Crippen LogP contribution in [0, 0.1) is 0 Å². The van der Waals surface area contributed by atoms with Crippen LogP contribution in [0.2, 0.25) is 0 Å². The number of phenols is 1. The minimum absolute atomic E-state index is 0.0532. The number of rotatable bonds is 3. The molecule has 2 N–H and O–H groups in total. The van der Waals surface area contributed by atoms with Crippen LogP contribution >= 0.6 is 0 Å². The summed E-state index contributed by atoms with van der Waals surface area (Å²) in [6, 6.07) is 3.42. The van der Waals surface area contributed by atoms with Gasteiger partial charge in [-0.1, -0.05) is 41.5 Å². The molecule has 1 aromatic carbocycles. The fourth-order valence-corrected chi connectivity index (χ4v) is 2.33. The van der Waals surface area contributed by atoms with Crippen LogP contribution in [-0.4, -0.2) is 42.5 Å². The van der Waals surface area contributed by atoms with Gasteiger partial charge < -0.3 is 15.3 Å². The molecule has 5 nitrogen and oxygen atoms in total. The fourth-order valence-electron chi connectivity index (χ4n) is 2.33. The van der Waals surface area contributed by atoms with Gasteiger partial charge in [-0.25, -0.2) is 0 Å². The molecular formula is C19H30N2O3. The van der Waals surface area contributed by atoms with Gasteiger partial charge in [-0.15, -0.1) is 0 Å². The molecule has 0 aliphatic heterocycles. The Kier molecular flexibility index (Phi) is 5.70. The highest BCUT2D eigenvalue weighted by molar-refractivity contribution is 5.97. The van der Waals surface area contributed by atoms with E-state index in [1.54, 1.807) is 26.2 Å². The minimum atomic E-state index is -0.318. The van der Waals surface area contributed by atoms with E-state index in [1.165, 1.54) is 4.90 Å². The zero-order chi connectivity index (χ0) is 18.9. The number of likely N-dealkylation sites (N-methyl/N-ethyl adjacent to an activating group) is 1. The SMILES string of the molecule is CN(C)C(=O)CNC(=O)c1cc(C(C)(C)C)c(O)c(C(C)(C)C)c1. The molecule has 0 saturated carbocycles. The van der Waals surface area contributed by atoms with E-state index in [4.69, 9.17) is 0 Å². The average molecular weight is 334 g/mol. The monoisotopic (exact) mass is 334 g/mol. The van der Waals surface area contributed by atoms with Crippen LogP contribution < -0.4 is 5.32 Å². The first kappa shape index (κ1) is 20.0. The Morgan fingerprint density at radius 3 is 1.75 bits per heavy atom. The van der Waals surface area contributed by atoms with Crippen LogP contribution in [0.15, 0.2) is 12.1 Å². The van der Waals surface area contributed by atoms with E-state index in [0.29, 0.717) is 5.56 Å². The van der Waals surface area contributed by atoms with Crippen molar-refractivity contribution in [3.8, 4) is 5.75 Å². The number of amides is 2. The van der Waals surface area contributed by atoms with E-state index in [0.717, 1.165) is 11.1 Å². The van der Waals surface area contributed by atoms with E-state index < -0.39 is 0 Å². The van der Waals surface area contributed by atoms with Crippen molar-refractivity contribution in [3.63, 3.8) is 0 Å². The third-order valence-corrected chi connectivity index (χ3v) is 3.89. The van der Waals surface area contributed by atoms with Crippen LogP contribution in [0.25, 0.3) is 0 Å². The van der Waals surface area contributed by atoms with Crippen molar-refractivity contribution in [1.82, 2.24) is 10.2 Å². The maximum atomic E-state index is 12.5. The lowest BCUT2D eigenvalue weighted by atomic mass is 9.78. The molecule has 0 saturated heterocycles. The lowest BCUT2D eigenvalue weighted by molar-refractivity contribution is -0.127. The number of hydrogen-bond acceptors (Lipinski definition) is 3. The molecule has 2 amide bonds. The van der Waals surface area contributed by atoms with E-state index in [9.17, 15) is 14.7 Å². The molecular weight excluding hydrogens is 304 g/mol. The predicted molar refractivity (Wildman–Crippen MR) is 96.5 cm³/mol. The second-order valence-electron chi connectivity index (χ2n) is 8.39. The van der Waals surface area contributed by atoms with Crippen molar-refractivity contribution in [3.05, 3.63) is 28.8 Å². The fraction of sp³-hybridized carbons (Fsp3) is 0.579. The standard InChI is InChI=1S/C19H30N2O3/c1-18(2,3)13-9-12(10-14(16(13)23)19(4,5)6)17(24)20-11-15(22)21(7)8/h9-10,23H,11H2,1-8H3,(H,20,24). The van der Waals surface area contributed by atoms with E-state index in [-0.39, 0.29) is 34.9 Å². The zero-order valence-electron chi connectivity index (χ0n) is 16.1. The summed E-state index contributed by atoms with van der Waals surface area (Å²) in [5.74, 6) is -0.258. The Hall–Kier alpha value is -2.04. The minimum Gasteiger partial charge on any atom is -0.507 e. The van der Waals surface area contributed by atoms with Crippen molar-refractivity contribution in [2.45, 2.75) is 52.4 Å². The quantitative estimate of drug-likeness (QED) is 0.893. The van der Waals surface area contributed by atoms with Crippen molar-refractivity contribution in [2.24, 2.45) is 0 Å². The first-order valence-corrected chi connectivity index (χ1v) is 8.11. The van der Waals surface area contributed by atoms with Gasteiger partial charge in [0.2, 0.25) is 5.91 Å². The summed E-state index contributed by atoms with van der Waals surface area (Å²) >= 11 is 0. The molecule has 5 heteroatoms. The predicted octanol–water partition coefficient (Wildman–Crippen LogP) is 2.81. The number of benzene rings is 1. The van der Waals surface area contributed by atoms with Gasteiger partial charge in [0.05, 0.1) is 6.54 Å². The second-order valence-corrected chi connectivity index (χ2v) is 8.39. The van der Waals surface area contributed by atoms with Gasteiger partial charge in [0.25, 0.3) is 5.91 Å². The van der Waals surface area contributed by atoms with Gasteiger partial charge in [-0.3, -0.25) is 9.59 Å². The normalized spacial score (nSPS) is 12.0. The second kappa shape index (κ2) is 6.83. The molecule has 1 aromatic rings. The summed E-state index contributed by atoms with van der Waals surface area (Å²) in [5, 5.41) is 13.3. The van der Waals surface area contributed by atoms with E-state index in [1.807, 2.05) is 41.5 Å². The molecule has 0 atom stereocenters. The largest absolute Gasteiger partial charge is 0.507 e. The summed E-state index contributed by atoms with van der Waals surface area (Å²) in [7, 11) is 3.29. The van der Waals surface area contributed by atoms with Crippen LogP contribution in [0.5, 0.6) is 5.75 Å². The third kappa shape index (κ3) is 4.73. The smallest absolute Gasteiger partial charge is 0.251 e. The van der Waals surface area contributed by atoms with Crippen LogP contribution in [-0.2, 0) is 15.6 Å². The highest BCUT2D eigenvalue weighted by Gasteiger charge is 2.27. The number of hydrogen-bond donors (Lipinski definition) is 2. The number of carbonyl (C=O) groups is 2. The summed E-state index contributed by atoms with van der Waals surface area (Å²) in [6.45, 7) is 11.9. The molecule has 0 bridgehead atoms. The molecule has 0 aromatic heterocycles.